The summed E-state index contributed by atoms with van der Waals surface area (Å²) in [6.07, 6.45) is 0. The zero-order valence-corrected chi connectivity index (χ0v) is 17.1. The summed E-state index contributed by atoms with van der Waals surface area (Å²) in [7, 11) is 0. The first-order valence-corrected chi connectivity index (χ1v) is 10.6. The average molecular weight is 416 g/mol. The van der Waals surface area contributed by atoms with Gasteiger partial charge in [-0.3, -0.25) is 4.79 Å². The second-order valence-electron chi connectivity index (χ2n) is 6.63. The first-order valence-electron chi connectivity index (χ1n) is 9.69. The maximum absolute atomic E-state index is 12.9. The Bertz CT molecular complexity index is 1010. The Hall–Kier alpha value is -3.51. The molecule has 0 bridgehead atoms. The number of amides is 1. The molecule has 5 nitrogen and oxygen atoms in total. The minimum absolute atomic E-state index is 0.0601. The van der Waals surface area contributed by atoms with E-state index in [1.807, 2.05) is 84.2 Å². The van der Waals surface area contributed by atoms with Crippen molar-refractivity contribution in [2.24, 2.45) is 0 Å². The van der Waals surface area contributed by atoms with Crippen molar-refractivity contribution in [1.82, 2.24) is 15.5 Å². The summed E-state index contributed by atoms with van der Waals surface area (Å²) < 4.78 is 5.63. The van der Waals surface area contributed by atoms with E-state index >= 15 is 0 Å². The van der Waals surface area contributed by atoms with E-state index in [0.717, 1.165) is 21.7 Å². The fourth-order valence-corrected chi connectivity index (χ4v) is 3.86. The van der Waals surface area contributed by atoms with Crippen LogP contribution < -0.4 is 10.1 Å². The number of carbonyl (C=O) groups excluding carboxylic acids is 1. The van der Waals surface area contributed by atoms with Crippen molar-refractivity contribution in [3.05, 3.63) is 101 Å². The lowest BCUT2D eigenvalue weighted by Crippen LogP contribution is -2.33. The molecule has 0 spiro atoms. The highest BCUT2D eigenvalue weighted by molar-refractivity contribution is 7.13. The molecule has 0 aliphatic heterocycles. The first kappa shape index (κ1) is 19.8. The van der Waals surface area contributed by atoms with Gasteiger partial charge in [0, 0.05) is 6.07 Å². The fourth-order valence-electron chi connectivity index (χ4n) is 3.17. The normalized spacial score (nSPS) is 10.7. The molecule has 2 aromatic carbocycles. The minimum atomic E-state index is -0.364. The van der Waals surface area contributed by atoms with Gasteiger partial charge in [-0.1, -0.05) is 66.7 Å². The fraction of sp³-hybridized carbons (Fsp3) is 0.125. The van der Waals surface area contributed by atoms with Crippen LogP contribution in [0.5, 0.6) is 5.88 Å². The summed E-state index contributed by atoms with van der Waals surface area (Å²) in [5, 5.41) is 13.3. The van der Waals surface area contributed by atoms with E-state index in [4.69, 9.17) is 4.74 Å². The van der Waals surface area contributed by atoms with Gasteiger partial charge in [0.15, 0.2) is 0 Å². The van der Waals surface area contributed by atoms with Gasteiger partial charge in [-0.05, 0) is 28.6 Å². The van der Waals surface area contributed by atoms with Crippen LogP contribution in [-0.4, -0.2) is 29.3 Å². The molecule has 4 rings (SSSR count). The Labute approximate surface area is 179 Å². The van der Waals surface area contributed by atoms with Gasteiger partial charge in [-0.15, -0.1) is 21.5 Å². The number of nitrogens with one attached hydrogen (secondary N) is 1. The smallest absolute Gasteiger partial charge is 0.233 e. The lowest BCUT2D eigenvalue weighted by Gasteiger charge is -2.18. The predicted octanol–water partition coefficient (Wildman–Crippen LogP) is 4.53. The Kier molecular flexibility index (Phi) is 6.47. The summed E-state index contributed by atoms with van der Waals surface area (Å²) in [6.45, 7) is 0.693. The Morgan fingerprint density at radius 2 is 1.57 bits per heavy atom. The molecule has 0 saturated carbocycles. The maximum Gasteiger partial charge on any atom is 0.233 e. The van der Waals surface area contributed by atoms with Crippen molar-refractivity contribution in [3.8, 4) is 16.5 Å². The molecule has 150 valence electrons. The SMILES string of the molecule is O=C(NCCOc1ccc(-c2cccs2)nn1)C(c1ccccc1)c1ccccc1. The molecule has 2 heterocycles. The van der Waals surface area contributed by atoms with Gasteiger partial charge >= 0.3 is 0 Å². The van der Waals surface area contributed by atoms with E-state index in [1.165, 1.54) is 0 Å². The number of carbonyl (C=O) groups is 1. The number of nitrogens with zero attached hydrogens (tertiary/aromatic N) is 2. The molecule has 0 aliphatic carbocycles. The summed E-state index contributed by atoms with van der Waals surface area (Å²) in [5.74, 6) is 0.0135. The Morgan fingerprint density at radius 3 is 2.13 bits per heavy atom. The third-order valence-electron chi connectivity index (χ3n) is 4.59. The highest BCUT2D eigenvalue weighted by Gasteiger charge is 2.22. The minimum Gasteiger partial charge on any atom is -0.475 e. The van der Waals surface area contributed by atoms with Crippen LogP contribution in [0.3, 0.4) is 0 Å². The molecule has 0 radical (unpaired) electrons. The quantitative estimate of drug-likeness (QED) is 0.430. The molecular weight excluding hydrogens is 394 g/mol. The largest absolute Gasteiger partial charge is 0.475 e. The molecule has 30 heavy (non-hydrogen) atoms. The number of hydrogen-bond acceptors (Lipinski definition) is 5. The summed E-state index contributed by atoms with van der Waals surface area (Å²) in [5.41, 5.74) is 2.73. The van der Waals surface area contributed by atoms with Crippen molar-refractivity contribution in [3.63, 3.8) is 0 Å². The molecular formula is C24H21N3O2S. The Morgan fingerprint density at radius 1 is 0.867 bits per heavy atom. The zero-order valence-electron chi connectivity index (χ0n) is 16.3. The van der Waals surface area contributed by atoms with Crippen LogP contribution in [0.25, 0.3) is 10.6 Å². The molecule has 1 N–H and O–H groups in total. The third kappa shape index (κ3) is 4.90. The molecule has 0 unspecified atom stereocenters. The lowest BCUT2D eigenvalue weighted by atomic mass is 9.90. The standard InChI is InChI=1S/C24H21N3O2S/c28-24(23(18-8-3-1-4-9-18)19-10-5-2-6-11-19)25-15-16-29-22-14-13-20(26-27-22)21-12-7-17-30-21/h1-14,17,23H,15-16H2,(H,25,28). The average Bonchev–Trinajstić information content (AvgIpc) is 3.34. The number of benzene rings is 2. The van der Waals surface area contributed by atoms with Crippen LogP contribution in [0, 0.1) is 0 Å². The second-order valence-corrected chi connectivity index (χ2v) is 7.58. The van der Waals surface area contributed by atoms with Gasteiger partial charge in [-0.2, -0.15) is 0 Å². The van der Waals surface area contributed by atoms with Crippen LogP contribution in [0.2, 0.25) is 0 Å². The van der Waals surface area contributed by atoms with Crippen LogP contribution in [0.4, 0.5) is 0 Å². The summed E-state index contributed by atoms with van der Waals surface area (Å²) >= 11 is 1.61. The molecule has 0 saturated heterocycles. The van der Waals surface area contributed by atoms with E-state index in [0.29, 0.717) is 19.0 Å². The van der Waals surface area contributed by atoms with E-state index < -0.39 is 0 Å². The monoisotopic (exact) mass is 415 g/mol. The van der Waals surface area contributed by atoms with E-state index in [-0.39, 0.29) is 11.8 Å². The van der Waals surface area contributed by atoms with E-state index in [2.05, 4.69) is 15.5 Å². The molecule has 2 aromatic heterocycles. The van der Waals surface area contributed by atoms with Gasteiger partial charge in [0.1, 0.15) is 12.3 Å². The number of ether oxygens (including phenoxy) is 1. The molecule has 0 atom stereocenters. The number of thiophene rings is 1. The summed E-state index contributed by atoms with van der Waals surface area (Å²) in [6, 6.07) is 27.2. The van der Waals surface area contributed by atoms with E-state index in [1.54, 1.807) is 17.4 Å². The van der Waals surface area contributed by atoms with Crippen molar-refractivity contribution < 1.29 is 9.53 Å². The van der Waals surface area contributed by atoms with Gasteiger partial charge in [0.05, 0.1) is 17.3 Å². The topological polar surface area (TPSA) is 64.1 Å². The summed E-state index contributed by atoms with van der Waals surface area (Å²) in [4.78, 5) is 14.0. The third-order valence-corrected chi connectivity index (χ3v) is 5.49. The number of aromatic nitrogens is 2. The van der Waals surface area contributed by atoms with Crippen molar-refractivity contribution in [2.45, 2.75) is 5.92 Å². The number of rotatable bonds is 8. The van der Waals surface area contributed by atoms with Crippen LogP contribution in [-0.2, 0) is 4.79 Å². The van der Waals surface area contributed by atoms with Crippen LogP contribution in [0.15, 0.2) is 90.3 Å². The van der Waals surface area contributed by atoms with Crippen molar-refractivity contribution in [2.75, 3.05) is 13.2 Å². The van der Waals surface area contributed by atoms with Crippen molar-refractivity contribution >= 4 is 17.2 Å². The molecule has 1 amide bonds. The molecule has 4 aromatic rings. The first-order chi connectivity index (χ1) is 14.8. The maximum atomic E-state index is 12.9. The zero-order chi connectivity index (χ0) is 20.6. The second kappa shape index (κ2) is 9.80. The molecule has 0 fully saturated rings. The van der Waals surface area contributed by atoms with E-state index in [9.17, 15) is 4.79 Å². The van der Waals surface area contributed by atoms with Crippen LogP contribution in [0.1, 0.15) is 17.0 Å². The van der Waals surface area contributed by atoms with Crippen LogP contribution >= 0.6 is 11.3 Å². The predicted molar refractivity (Wildman–Crippen MR) is 119 cm³/mol. The molecule has 0 aliphatic rings. The highest BCUT2D eigenvalue weighted by atomic mass is 32.1. The number of hydrogen-bond donors (Lipinski definition) is 1. The molecule has 6 heteroatoms. The van der Waals surface area contributed by atoms with Gasteiger partial charge in [0.2, 0.25) is 11.8 Å². The highest BCUT2D eigenvalue weighted by Crippen LogP contribution is 2.25. The lowest BCUT2D eigenvalue weighted by molar-refractivity contribution is -0.121. The van der Waals surface area contributed by atoms with Gasteiger partial charge < -0.3 is 10.1 Å². The van der Waals surface area contributed by atoms with Gasteiger partial charge in [0.25, 0.3) is 0 Å². The van der Waals surface area contributed by atoms with Gasteiger partial charge in [-0.25, -0.2) is 0 Å². The Balaban J connectivity index is 1.34. The van der Waals surface area contributed by atoms with Crippen molar-refractivity contribution in [1.29, 1.82) is 0 Å².